The maximum atomic E-state index is 14.0. The molecule has 1 aromatic carbocycles. The minimum absolute atomic E-state index is 0.292. The normalized spacial score (nSPS) is 15.9. The molecule has 0 unspecified atom stereocenters. The van der Waals surface area contributed by atoms with E-state index in [9.17, 15) is 12.8 Å². The van der Waals surface area contributed by atoms with E-state index in [1.807, 2.05) is 11.8 Å². The zero-order valence-corrected chi connectivity index (χ0v) is 17.2. The van der Waals surface area contributed by atoms with E-state index in [2.05, 4.69) is 5.16 Å². The fraction of sp³-hybridized carbons (Fsp3) is 0.316. The van der Waals surface area contributed by atoms with Crippen LogP contribution in [0.1, 0.15) is 10.6 Å². The second-order valence-corrected chi connectivity index (χ2v) is 9.87. The van der Waals surface area contributed by atoms with Crippen molar-refractivity contribution in [2.24, 2.45) is 0 Å². The smallest absolute Gasteiger partial charge is 0.244 e. The minimum Gasteiger partial charge on any atom is -0.367 e. The van der Waals surface area contributed by atoms with Gasteiger partial charge in [0.1, 0.15) is 5.82 Å². The number of aryl methyl sites for hydroxylation is 2. The van der Waals surface area contributed by atoms with Crippen molar-refractivity contribution in [2.45, 2.75) is 18.7 Å². The fourth-order valence-corrected chi connectivity index (χ4v) is 6.27. The van der Waals surface area contributed by atoms with Gasteiger partial charge in [-0.2, -0.15) is 4.31 Å². The number of hydrogen-bond donors (Lipinski definition) is 0. The van der Waals surface area contributed by atoms with Gasteiger partial charge in [-0.3, -0.25) is 0 Å². The fourth-order valence-electron chi connectivity index (χ4n) is 3.34. The van der Waals surface area contributed by atoms with Gasteiger partial charge in [-0.25, -0.2) is 12.8 Å². The highest BCUT2D eigenvalue weighted by atomic mass is 32.2. The molecule has 3 heterocycles. The Hall–Kier alpha value is -2.23. The third-order valence-corrected chi connectivity index (χ3v) is 8.01. The van der Waals surface area contributed by atoms with Crippen LogP contribution >= 0.6 is 11.3 Å². The Bertz CT molecular complexity index is 1100. The molecule has 1 saturated heterocycles. The van der Waals surface area contributed by atoms with E-state index in [0.717, 1.165) is 10.6 Å². The molecule has 0 amide bonds. The average molecular weight is 422 g/mol. The topological polar surface area (TPSA) is 66.7 Å². The number of halogens is 1. The first kappa shape index (κ1) is 19.1. The van der Waals surface area contributed by atoms with Crippen molar-refractivity contribution in [3.8, 4) is 10.6 Å². The van der Waals surface area contributed by atoms with Crippen LogP contribution in [0.2, 0.25) is 0 Å². The minimum atomic E-state index is -3.63. The summed E-state index contributed by atoms with van der Waals surface area (Å²) in [6.45, 7) is 5.11. The number of benzene rings is 1. The molecule has 0 aliphatic carbocycles. The Kier molecular flexibility index (Phi) is 4.98. The molecule has 2 aromatic heterocycles. The van der Waals surface area contributed by atoms with Gasteiger partial charge in [0, 0.05) is 37.1 Å². The van der Waals surface area contributed by atoms with Gasteiger partial charge in [-0.15, -0.1) is 11.3 Å². The summed E-state index contributed by atoms with van der Waals surface area (Å²) >= 11 is 1.37. The molecule has 3 aromatic rings. The average Bonchev–Trinajstić information content (AvgIpc) is 3.28. The number of sulfonamides is 1. The van der Waals surface area contributed by atoms with Gasteiger partial charge in [0.15, 0.2) is 5.76 Å². The first-order valence-corrected chi connectivity index (χ1v) is 11.2. The third-order valence-electron chi connectivity index (χ3n) is 4.79. The molecule has 4 rings (SSSR count). The molecule has 0 spiro atoms. The summed E-state index contributed by atoms with van der Waals surface area (Å²) in [5.41, 5.74) is 1.25. The molecule has 1 aliphatic rings. The van der Waals surface area contributed by atoms with E-state index in [1.165, 1.54) is 21.7 Å². The number of aromatic nitrogens is 1. The van der Waals surface area contributed by atoms with E-state index in [-0.39, 0.29) is 5.82 Å². The second kappa shape index (κ2) is 7.31. The Balaban J connectivity index is 1.54. The summed E-state index contributed by atoms with van der Waals surface area (Å²) in [5, 5.41) is 3.86. The van der Waals surface area contributed by atoms with Gasteiger partial charge in [0.05, 0.1) is 21.2 Å². The van der Waals surface area contributed by atoms with Crippen LogP contribution in [-0.2, 0) is 10.0 Å². The Labute approximate surface area is 167 Å². The van der Waals surface area contributed by atoms with Gasteiger partial charge >= 0.3 is 0 Å². The van der Waals surface area contributed by atoms with Gasteiger partial charge in [0.25, 0.3) is 0 Å². The molecule has 0 saturated carbocycles. The summed E-state index contributed by atoms with van der Waals surface area (Å²) in [4.78, 5) is 3.62. The highest BCUT2D eigenvalue weighted by molar-refractivity contribution is 7.89. The van der Waals surface area contributed by atoms with Crippen LogP contribution in [0.5, 0.6) is 0 Å². The van der Waals surface area contributed by atoms with Crippen molar-refractivity contribution in [1.29, 1.82) is 0 Å². The molecule has 148 valence electrons. The Morgan fingerprint density at radius 3 is 2.46 bits per heavy atom. The van der Waals surface area contributed by atoms with Crippen molar-refractivity contribution in [1.82, 2.24) is 9.46 Å². The zero-order chi connectivity index (χ0) is 19.9. The number of piperazine rings is 1. The number of hydrogen-bond acceptors (Lipinski definition) is 6. The van der Waals surface area contributed by atoms with E-state index in [1.54, 1.807) is 37.3 Å². The van der Waals surface area contributed by atoms with Crippen LogP contribution in [0.3, 0.4) is 0 Å². The summed E-state index contributed by atoms with van der Waals surface area (Å²) in [6.07, 6.45) is 0. The summed E-state index contributed by atoms with van der Waals surface area (Å²) in [5.74, 6) is 0.274. The lowest BCUT2D eigenvalue weighted by molar-refractivity contribution is 0.383. The molecule has 0 N–H and O–H groups in total. The van der Waals surface area contributed by atoms with Crippen molar-refractivity contribution >= 4 is 27.0 Å². The molecule has 1 fully saturated rings. The lowest BCUT2D eigenvalue weighted by atomic mass is 10.2. The number of nitrogens with zero attached hydrogens (tertiary/aromatic N) is 3. The number of anilines is 1. The standard InChI is InChI=1S/C19H20FN3O3S2/c1-13-11-17(26-21-13)18-12-19(14(2)27-18)28(24,25)23-9-7-22(8-10-23)16-6-4-3-5-15(16)20/h3-6,11-12H,7-10H2,1-2H3. The van der Waals surface area contributed by atoms with Crippen LogP contribution in [0.15, 0.2) is 45.8 Å². The third kappa shape index (κ3) is 3.45. The molecule has 1 aliphatic heterocycles. The lowest BCUT2D eigenvalue weighted by Crippen LogP contribution is -2.48. The quantitative estimate of drug-likeness (QED) is 0.643. The van der Waals surface area contributed by atoms with Crippen LogP contribution in [0.4, 0.5) is 10.1 Å². The maximum absolute atomic E-state index is 14.0. The molecule has 6 nitrogen and oxygen atoms in total. The molecule has 0 bridgehead atoms. The largest absolute Gasteiger partial charge is 0.367 e. The highest BCUT2D eigenvalue weighted by Crippen LogP contribution is 2.35. The molecule has 0 atom stereocenters. The Morgan fingerprint density at radius 2 is 1.82 bits per heavy atom. The summed E-state index contributed by atoms with van der Waals surface area (Å²) < 4.78 is 47.1. The van der Waals surface area contributed by atoms with Gasteiger partial charge in [-0.1, -0.05) is 17.3 Å². The first-order chi connectivity index (χ1) is 13.4. The summed E-state index contributed by atoms with van der Waals surface area (Å²) in [7, 11) is -3.63. The van der Waals surface area contributed by atoms with Crippen LogP contribution in [0.25, 0.3) is 10.6 Å². The van der Waals surface area contributed by atoms with E-state index in [0.29, 0.717) is 47.4 Å². The first-order valence-electron chi connectivity index (χ1n) is 8.90. The number of para-hydroxylation sites is 1. The zero-order valence-electron chi connectivity index (χ0n) is 15.6. The molecule has 28 heavy (non-hydrogen) atoms. The Morgan fingerprint density at radius 1 is 1.11 bits per heavy atom. The van der Waals surface area contributed by atoms with Crippen LogP contribution in [-0.4, -0.2) is 44.1 Å². The van der Waals surface area contributed by atoms with Crippen molar-refractivity contribution in [3.63, 3.8) is 0 Å². The monoisotopic (exact) mass is 421 g/mol. The van der Waals surface area contributed by atoms with Crippen LogP contribution < -0.4 is 4.90 Å². The van der Waals surface area contributed by atoms with E-state index >= 15 is 0 Å². The van der Waals surface area contributed by atoms with Crippen LogP contribution in [0, 0.1) is 19.7 Å². The SMILES string of the molecule is Cc1cc(-c2cc(S(=O)(=O)N3CCN(c4ccccc4F)CC3)c(C)s2)on1. The van der Waals surface area contributed by atoms with Gasteiger partial charge in [0.2, 0.25) is 10.0 Å². The van der Waals surface area contributed by atoms with E-state index < -0.39 is 10.0 Å². The molecular weight excluding hydrogens is 401 g/mol. The molecule has 9 heteroatoms. The van der Waals surface area contributed by atoms with Gasteiger partial charge in [-0.05, 0) is 32.0 Å². The predicted octanol–water partition coefficient (Wildman–Crippen LogP) is 3.67. The van der Waals surface area contributed by atoms with Crippen molar-refractivity contribution in [2.75, 3.05) is 31.1 Å². The number of rotatable bonds is 4. The second-order valence-electron chi connectivity index (χ2n) is 6.71. The maximum Gasteiger partial charge on any atom is 0.244 e. The molecule has 0 radical (unpaired) electrons. The highest BCUT2D eigenvalue weighted by Gasteiger charge is 2.31. The summed E-state index contributed by atoms with van der Waals surface area (Å²) in [6, 6.07) is 10.00. The lowest BCUT2D eigenvalue weighted by Gasteiger charge is -2.35. The molecular formula is C19H20FN3O3S2. The van der Waals surface area contributed by atoms with E-state index in [4.69, 9.17) is 4.52 Å². The predicted molar refractivity (Wildman–Crippen MR) is 107 cm³/mol. The number of thiophene rings is 1. The van der Waals surface area contributed by atoms with Crippen molar-refractivity contribution < 1.29 is 17.3 Å². The van der Waals surface area contributed by atoms with Crippen molar-refractivity contribution in [3.05, 3.63) is 52.8 Å². The van der Waals surface area contributed by atoms with Gasteiger partial charge < -0.3 is 9.42 Å².